The maximum absolute atomic E-state index is 12.8. The first-order valence-electron chi connectivity index (χ1n) is 6.40. The number of amides is 1. The van der Waals surface area contributed by atoms with Crippen LogP contribution in [0.3, 0.4) is 0 Å². The Balaban J connectivity index is 2.00. The Bertz CT molecular complexity index is 497. The number of anilines is 1. The molecule has 9 heteroatoms. The summed E-state index contributed by atoms with van der Waals surface area (Å²) in [7, 11) is 0. The number of hydrogen-bond donors (Lipinski definition) is 1. The molecule has 6 nitrogen and oxygen atoms in total. The Morgan fingerprint density at radius 2 is 1.71 bits per heavy atom. The zero-order valence-electron chi connectivity index (χ0n) is 11.5. The Morgan fingerprint density at radius 1 is 1.19 bits per heavy atom. The van der Waals surface area contributed by atoms with E-state index in [2.05, 4.69) is 9.97 Å². The van der Waals surface area contributed by atoms with Gasteiger partial charge in [0.1, 0.15) is 0 Å². The molecule has 1 aliphatic rings. The third-order valence-electron chi connectivity index (χ3n) is 3.44. The molecular weight excluding hydrogens is 287 g/mol. The van der Waals surface area contributed by atoms with E-state index >= 15 is 0 Å². The lowest BCUT2D eigenvalue weighted by Gasteiger charge is -2.38. The van der Waals surface area contributed by atoms with E-state index in [1.165, 1.54) is 0 Å². The molecule has 0 aliphatic carbocycles. The first-order valence-corrected chi connectivity index (χ1v) is 6.40. The van der Waals surface area contributed by atoms with E-state index in [4.69, 9.17) is 5.73 Å². The van der Waals surface area contributed by atoms with Gasteiger partial charge in [-0.3, -0.25) is 4.79 Å². The smallest absolute Gasteiger partial charge is 0.337 e. The summed E-state index contributed by atoms with van der Waals surface area (Å²) >= 11 is 0. The van der Waals surface area contributed by atoms with Crippen LogP contribution >= 0.6 is 0 Å². The summed E-state index contributed by atoms with van der Waals surface area (Å²) in [5, 5.41) is 0. The third kappa shape index (κ3) is 3.07. The van der Waals surface area contributed by atoms with E-state index in [-0.39, 0.29) is 13.1 Å². The minimum atomic E-state index is -4.77. The van der Waals surface area contributed by atoms with Gasteiger partial charge in [-0.05, 0) is 13.0 Å². The van der Waals surface area contributed by atoms with E-state index in [1.807, 2.05) is 4.90 Å². The van der Waals surface area contributed by atoms with Crippen molar-refractivity contribution in [1.82, 2.24) is 14.9 Å². The van der Waals surface area contributed by atoms with Crippen molar-refractivity contribution in [2.75, 3.05) is 31.1 Å². The largest absolute Gasteiger partial charge is 0.415 e. The van der Waals surface area contributed by atoms with Crippen molar-refractivity contribution in [3.05, 3.63) is 18.5 Å². The van der Waals surface area contributed by atoms with Crippen molar-refractivity contribution < 1.29 is 18.0 Å². The Hall–Kier alpha value is -1.90. The van der Waals surface area contributed by atoms with Crippen LogP contribution in [-0.2, 0) is 4.79 Å². The first-order chi connectivity index (χ1) is 9.73. The summed E-state index contributed by atoms with van der Waals surface area (Å²) in [6, 6.07) is 1.67. The SMILES string of the molecule is CC(N)(C(=O)N1CCN(c2ncccn2)CC1)C(F)(F)F. The predicted octanol–water partition coefficient (Wildman–Crippen LogP) is 0.405. The highest BCUT2D eigenvalue weighted by molar-refractivity contribution is 5.87. The molecule has 0 saturated carbocycles. The number of carbonyl (C=O) groups excluding carboxylic acids is 1. The number of carbonyl (C=O) groups is 1. The molecule has 2 heterocycles. The van der Waals surface area contributed by atoms with Crippen molar-refractivity contribution in [1.29, 1.82) is 0 Å². The highest BCUT2D eigenvalue weighted by Gasteiger charge is 2.55. The zero-order chi connectivity index (χ0) is 15.7. The number of hydrogen-bond acceptors (Lipinski definition) is 5. The van der Waals surface area contributed by atoms with Crippen LogP contribution < -0.4 is 10.6 Å². The second-order valence-electron chi connectivity index (χ2n) is 5.03. The fourth-order valence-electron chi connectivity index (χ4n) is 2.01. The van der Waals surface area contributed by atoms with Gasteiger partial charge in [0.2, 0.25) is 5.95 Å². The molecule has 1 aromatic heterocycles. The number of alkyl halides is 3. The van der Waals surface area contributed by atoms with Gasteiger partial charge in [0.25, 0.3) is 5.91 Å². The highest BCUT2D eigenvalue weighted by Crippen LogP contribution is 2.30. The van der Waals surface area contributed by atoms with Crippen molar-refractivity contribution >= 4 is 11.9 Å². The Kier molecular flexibility index (Phi) is 4.04. The van der Waals surface area contributed by atoms with E-state index < -0.39 is 17.6 Å². The summed E-state index contributed by atoms with van der Waals surface area (Å²) in [5.74, 6) is -0.612. The molecule has 1 amide bonds. The lowest BCUT2D eigenvalue weighted by Crippen LogP contribution is -2.64. The standard InChI is InChI=1S/C12H16F3N5O/c1-11(16,12(13,14)15)9(21)19-5-7-20(8-6-19)10-17-3-2-4-18-10/h2-4H,5-8,16H2,1H3. The quantitative estimate of drug-likeness (QED) is 0.856. The third-order valence-corrected chi connectivity index (χ3v) is 3.44. The predicted molar refractivity (Wildman–Crippen MR) is 69.5 cm³/mol. The van der Waals surface area contributed by atoms with Crippen molar-refractivity contribution in [2.24, 2.45) is 5.73 Å². The first kappa shape index (κ1) is 15.5. The minimum absolute atomic E-state index is 0.153. The van der Waals surface area contributed by atoms with Crippen LogP contribution in [0.1, 0.15) is 6.92 Å². The van der Waals surface area contributed by atoms with E-state index in [1.54, 1.807) is 18.5 Å². The van der Waals surface area contributed by atoms with Crippen LogP contribution in [0, 0.1) is 0 Å². The molecule has 1 unspecified atom stereocenters. The summed E-state index contributed by atoms with van der Waals surface area (Å²) in [4.78, 5) is 23.0. The minimum Gasteiger partial charge on any atom is -0.337 e. The highest BCUT2D eigenvalue weighted by atomic mass is 19.4. The van der Waals surface area contributed by atoms with Crippen LogP contribution in [0.5, 0.6) is 0 Å². The van der Waals surface area contributed by atoms with Crippen LogP contribution in [0.4, 0.5) is 19.1 Å². The van der Waals surface area contributed by atoms with Crippen LogP contribution in [0.2, 0.25) is 0 Å². The molecule has 1 aliphatic heterocycles. The molecule has 0 spiro atoms. The number of rotatable bonds is 2. The molecule has 116 valence electrons. The van der Waals surface area contributed by atoms with Crippen LogP contribution in [-0.4, -0.2) is 58.7 Å². The summed E-state index contributed by atoms with van der Waals surface area (Å²) in [5.41, 5.74) is 2.30. The van der Waals surface area contributed by atoms with Crippen molar-refractivity contribution in [3.63, 3.8) is 0 Å². The number of piperazine rings is 1. The molecule has 2 rings (SSSR count). The number of aromatic nitrogens is 2. The molecule has 0 radical (unpaired) electrons. The molecule has 1 aromatic rings. The number of nitrogens with two attached hydrogens (primary N) is 1. The topological polar surface area (TPSA) is 75.4 Å². The molecule has 21 heavy (non-hydrogen) atoms. The molecule has 2 N–H and O–H groups in total. The molecule has 1 saturated heterocycles. The monoisotopic (exact) mass is 303 g/mol. The van der Waals surface area contributed by atoms with Crippen LogP contribution in [0.25, 0.3) is 0 Å². The number of nitrogens with zero attached hydrogens (tertiary/aromatic N) is 4. The summed E-state index contributed by atoms with van der Waals surface area (Å²) in [6.45, 7) is 1.73. The van der Waals surface area contributed by atoms with Gasteiger partial charge in [0.15, 0.2) is 5.54 Å². The summed E-state index contributed by atoms with van der Waals surface area (Å²) in [6.07, 6.45) is -1.61. The Labute approximate surface area is 119 Å². The molecular formula is C12H16F3N5O. The zero-order valence-corrected chi connectivity index (χ0v) is 11.5. The maximum Gasteiger partial charge on any atom is 0.415 e. The van der Waals surface area contributed by atoms with Gasteiger partial charge in [0, 0.05) is 38.6 Å². The van der Waals surface area contributed by atoms with Gasteiger partial charge >= 0.3 is 6.18 Å². The number of halogens is 3. The fraction of sp³-hybridized carbons (Fsp3) is 0.583. The normalized spacial score (nSPS) is 19.3. The van der Waals surface area contributed by atoms with Crippen molar-refractivity contribution in [3.8, 4) is 0 Å². The van der Waals surface area contributed by atoms with Gasteiger partial charge in [-0.25, -0.2) is 9.97 Å². The molecule has 0 bridgehead atoms. The van der Waals surface area contributed by atoms with Gasteiger partial charge in [0.05, 0.1) is 0 Å². The van der Waals surface area contributed by atoms with E-state index in [9.17, 15) is 18.0 Å². The molecule has 1 atom stereocenters. The van der Waals surface area contributed by atoms with Crippen molar-refractivity contribution in [2.45, 2.75) is 18.6 Å². The fourth-order valence-corrected chi connectivity index (χ4v) is 2.01. The molecule has 1 fully saturated rings. The lowest BCUT2D eigenvalue weighted by atomic mass is 10.0. The maximum atomic E-state index is 12.8. The van der Waals surface area contributed by atoms with Gasteiger partial charge in [-0.2, -0.15) is 13.2 Å². The summed E-state index contributed by atoms with van der Waals surface area (Å²) < 4.78 is 38.3. The Morgan fingerprint density at radius 3 is 2.19 bits per heavy atom. The van der Waals surface area contributed by atoms with Crippen LogP contribution in [0.15, 0.2) is 18.5 Å². The lowest BCUT2D eigenvalue weighted by molar-refractivity contribution is -0.193. The average Bonchev–Trinajstić information content (AvgIpc) is 2.46. The van der Waals surface area contributed by atoms with Gasteiger partial charge in [-0.1, -0.05) is 0 Å². The van der Waals surface area contributed by atoms with Gasteiger partial charge < -0.3 is 15.5 Å². The van der Waals surface area contributed by atoms with E-state index in [0.717, 1.165) is 4.90 Å². The second-order valence-corrected chi connectivity index (χ2v) is 5.03. The average molecular weight is 303 g/mol. The molecule has 0 aromatic carbocycles. The second kappa shape index (κ2) is 5.47. The van der Waals surface area contributed by atoms with E-state index in [0.29, 0.717) is 26.0 Å². The van der Waals surface area contributed by atoms with Gasteiger partial charge in [-0.15, -0.1) is 0 Å².